The Morgan fingerprint density at radius 2 is 2.05 bits per heavy atom. The van der Waals surface area contributed by atoms with Gasteiger partial charge in [0.25, 0.3) is 0 Å². The number of ether oxygens (including phenoxy) is 1. The summed E-state index contributed by atoms with van der Waals surface area (Å²) in [7, 11) is 0. The van der Waals surface area contributed by atoms with Crippen LogP contribution in [0.25, 0.3) is 0 Å². The van der Waals surface area contributed by atoms with Gasteiger partial charge in [-0.15, -0.1) is 0 Å². The molecule has 3 atom stereocenters. The van der Waals surface area contributed by atoms with Crippen molar-refractivity contribution < 1.29 is 4.74 Å². The van der Waals surface area contributed by atoms with Gasteiger partial charge in [0.1, 0.15) is 0 Å². The van der Waals surface area contributed by atoms with Crippen LogP contribution in [0.2, 0.25) is 0 Å². The molecule has 19 heavy (non-hydrogen) atoms. The van der Waals surface area contributed by atoms with E-state index in [0.29, 0.717) is 6.04 Å². The number of anilines is 1. The fraction of sp³-hybridized carbons (Fsp3) is 0.688. The van der Waals surface area contributed by atoms with Gasteiger partial charge in [0.2, 0.25) is 5.88 Å². The zero-order valence-corrected chi connectivity index (χ0v) is 12.5. The van der Waals surface area contributed by atoms with Crippen LogP contribution in [0, 0.1) is 11.8 Å². The van der Waals surface area contributed by atoms with Gasteiger partial charge in [0.15, 0.2) is 0 Å². The number of nitrogens with one attached hydrogen (secondary N) is 1. The topological polar surface area (TPSA) is 34.1 Å². The first kappa shape index (κ1) is 14.2. The van der Waals surface area contributed by atoms with Gasteiger partial charge < -0.3 is 10.1 Å². The number of hydrogen-bond donors (Lipinski definition) is 1. The molecule has 0 radical (unpaired) electrons. The van der Waals surface area contributed by atoms with E-state index in [1.165, 1.54) is 19.3 Å². The van der Waals surface area contributed by atoms with E-state index in [0.717, 1.165) is 23.4 Å². The maximum atomic E-state index is 5.76. The molecule has 3 nitrogen and oxygen atoms in total. The van der Waals surface area contributed by atoms with Gasteiger partial charge in [0.05, 0.1) is 11.8 Å². The van der Waals surface area contributed by atoms with E-state index in [4.69, 9.17) is 4.74 Å². The predicted octanol–water partition coefficient (Wildman–Crippen LogP) is 4.11. The quantitative estimate of drug-likeness (QED) is 0.886. The van der Waals surface area contributed by atoms with Gasteiger partial charge in [-0.25, -0.2) is 4.98 Å². The lowest BCUT2D eigenvalue weighted by molar-refractivity contribution is 0.232. The van der Waals surface area contributed by atoms with Gasteiger partial charge in [-0.1, -0.05) is 13.8 Å². The first-order valence-electron chi connectivity index (χ1n) is 7.44. The van der Waals surface area contributed by atoms with E-state index in [2.05, 4.69) is 30.2 Å². The Labute approximate surface area is 116 Å². The molecule has 1 aliphatic rings. The van der Waals surface area contributed by atoms with Crippen LogP contribution < -0.4 is 10.1 Å². The molecule has 1 N–H and O–H groups in total. The molecule has 3 unspecified atom stereocenters. The molecule has 3 heteroatoms. The first-order valence-corrected chi connectivity index (χ1v) is 7.44. The molecule has 1 fully saturated rings. The highest BCUT2D eigenvalue weighted by atomic mass is 16.5. The standard InChI is InChI=1S/C16H26N2O/c1-11(2)19-16-15(6-5-9-17-16)18-14-8-7-12(3)13(4)10-14/h5-6,9,11-14,18H,7-8,10H2,1-4H3. The van der Waals surface area contributed by atoms with Crippen LogP contribution >= 0.6 is 0 Å². The highest BCUT2D eigenvalue weighted by molar-refractivity contribution is 5.52. The van der Waals surface area contributed by atoms with Gasteiger partial charge in [-0.2, -0.15) is 0 Å². The second-order valence-electron chi connectivity index (χ2n) is 6.13. The Hall–Kier alpha value is -1.25. The second-order valence-corrected chi connectivity index (χ2v) is 6.13. The summed E-state index contributed by atoms with van der Waals surface area (Å²) in [5.41, 5.74) is 1.03. The smallest absolute Gasteiger partial charge is 0.237 e. The van der Waals surface area contributed by atoms with Crippen LogP contribution in [0.15, 0.2) is 18.3 Å². The van der Waals surface area contributed by atoms with Crippen LogP contribution in [0.3, 0.4) is 0 Å². The zero-order valence-electron chi connectivity index (χ0n) is 12.5. The average molecular weight is 262 g/mol. The number of rotatable bonds is 4. The molecule has 0 amide bonds. The summed E-state index contributed by atoms with van der Waals surface area (Å²) in [6, 6.07) is 4.57. The van der Waals surface area contributed by atoms with Crippen molar-refractivity contribution in [1.29, 1.82) is 0 Å². The molecule has 1 aromatic heterocycles. The average Bonchev–Trinajstić information content (AvgIpc) is 2.36. The fourth-order valence-corrected chi connectivity index (χ4v) is 2.72. The molecule has 0 saturated heterocycles. The minimum Gasteiger partial charge on any atom is -0.473 e. The fourth-order valence-electron chi connectivity index (χ4n) is 2.72. The Morgan fingerprint density at radius 1 is 1.26 bits per heavy atom. The molecule has 2 rings (SSSR count). The summed E-state index contributed by atoms with van der Waals surface area (Å²) in [4.78, 5) is 4.33. The number of aromatic nitrogens is 1. The summed E-state index contributed by atoms with van der Waals surface area (Å²) < 4.78 is 5.76. The third kappa shape index (κ3) is 3.85. The van der Waals surface area contributed by atoms with Gasteiger partial charge in [-0.3, -0.25) is 0 Å². The van der Waals surface area contributed by atoms with Crippen LogP contribution in [0.5, 0.6) is 5.88 Å². The Bertz CT molecular complexity index is 405. The first-order chi connectivity index (χ1) is 9.06. The number of hydrogen-bond acceptors (Lipinski definition) is 3. The Balaban J connectivity index is 2.02. The highest BCUT2D eigenvalue weighted by Crippen LogP contribution is 2.32. The summed E-state index contributed by atoms with van der Waals surface area (Å²) in [5, 5.41) is 3.62. The van der Waals surface area contributed by atoms with E-state index in [1.54, 1.807) is 6.20 Å². The summed E-state index contributed by atoms with van der Waals surface area (Å²) in [5.74, 6) is 2.36. The van der Waals surface area contributed by atoms with Crippen molar-refractivity contribution in [2.45, 2.75) is 59.1 Å². The van der Waals surface area contributed by atoms with Crippen LogP contribution in [0.4, 0.5) is 5.69 Å². The van der Waals surface area contributed by atoms with Crippen LogP contribution in [0.1, 0.15) is 47.0 Å². The number of pyridine rings is 1. The van der Waals surface area contributed by atoms with E-state index in [9.17, 15) is 0 Å². The summed E-state index contributed by atoms with van der Waals surface area (Å²) in [6.07, 6.45) is 5.72. The maximum Gasteiger partial charge on any atom is 0.237 e. The van der Waals surface area contributed by atoms with E-state index in [1.807, 2.05) is 19.9 Å². The van der Waals surface area contributed by atoms with Gasteiger partial charge in [-0.05, 0) is 57.1 Å². The Morgan fingerprint density at radius 3 is 2.74 bits per heavy atom. The normalized spacial score (nSPS) is 27.3. The SMILES string of the molecule is CC(C)Oc1ncccc1NC1CCC(C)C(C)C1. The molecule has 0 spiro atoms. The van der Waals surface area contributed by atoms with Crippen molar-refractivity contribution in [3.63, 3.8) is 0 Å². The van der Waals surface area contributed by atoms with E-state index in [-0.39, 0.29) is 6.10 Å². The van der Waals surface area contributed by atoms with Crippen molar-refractivity contribution in [2.75, 3.05) is 5.32 Å². The maximum absolute atomic E-state index is 5.76. The molecule has 1 heterocycles. The lowest BCUT2D eigenvalue weighted by atomic mass is 9.79. The molecule has 0 aliphatic heterocycles. The lowest BCUT2D eigenvalue weighted by Gasteiger charge is -2.33. The minimum atomic E-state index is 0.153. The predicted molar refractivity (Wildman–Crippen MR) is 79.6 cm³/mol. The largest absolute Gasteiger partial charge is 0.473 e. The van der Waals surface area contributed by atoms with Crippen molar-refractivity contribution in [1.82, 2.24) is 4.98 Å². The molecule has 1 saturated carbocycles. The minimum absolute atomic E-state index is 0.153. The third-order valence-electron chi connectivity index (χ3n) is 4.08. The molecular weight excluding hydrogens is 236 g/mol. The van der Waals surface area contributed by atoms with Crippen molar-refractivity contribution in [2.24, 2.45) is 11.8 Å². The van der Waals surface area contributed by atoms with E-state index < -0.39 is 0 Å². The van der Waals surface area contributed by atoms with Gasteiger partial charge >= 0.3 is 0 Å². The summed E-state index contributed by atoms with van der Waals surface area (Å²) >= 11 is 0. The number of nitrogens with zero attached hydrogens (tertiary/aromatic N) is 1. The highest BCUT2D eigenvalue weighted by Gasteiger charge is 2.25. The van der Waals surface area contributed by atoms with Crippen LogP contribution in [-0.4, -0.2) is 17.1 Å². The second kappa shape index (κ2) is 6.27. The molecular formula is C16H26N2O. The Kier molecular flexibility index (Phi) is 4.67. The van der Waals surface area contributed by atoms with E-state index >= 15 is 0 Å². The summed E-state index contributed by atoms with van der Waals surface area (Å²) in [6.45, 7) is 8.77. The van der Waals surface area contributed by atoms with Crippen molar-refractivity contribution in [3.05, 3.63) is 18.3 Å². The van der Waals surface area contributed by atoms with Crippen molar-refractivity contribution in [3.8, 4) is 5.88 Å². The molecule has 0 bridgehead atoms. The van der Waals surface area contributed by atoms with Crippen LogP contribution in [-0.2, 0) is 0 Å². The van der Waals surface area contributed by atoms with Crippen molar-refractivity contribution >= 4 is 5.69 Å². The molecule has 1 aromatic rings. The lowest BCUT2D eigenvalue weighted by Crippen LogP contribution is -2.30. The molecule has 0 aromatic carbocycles. The van der Waals surface area contributed by atoms with Gasteiger partial charge in [0, 0.05) is 12.2 Å². The zero-order chi connectivity index (χ0) is 13.8. The monoisotopic (exact) mass is 262 g/mol. The third-order valence-corrected chi connectivity index (χ3v) is 4.08. The molecule has 106 valence electrons. The molecule has 1 aliphatic carbocycles.